The van der Waals surface area contributed by atoms with Crippen molar-refractivity contribution in [3.63, 3.8) is 0 Å². The van der Waals surface area contributed by atoms with Gasteiger partial charge in [-0.3, -0.25) is 4.99 Å². The predicted octanol–water partition coefficient (Wildman–Crippen LogP) is 16.0. The minimum absolute atomic E-state index is 0.0681. The number of urea groups is 2. The van der Waals surface area contributed by atoms with Crippen LogP contribution < -0.4 is 31.9 Å². The van der Waals surface area contributed by atoms with Crippen LogP contribution in [0.15, 0.2) is 102 Å². The van der Waals surface area contributed by atoms with E-state index >= 15 is 0 Å². The van der Waals surface area contributed by atoms with E-state index in [0.29, 0.717) is 48.4 Å². The van der Waals surface area contributed by atoms with Crippen LogP contribution in [0.1, 0.15) is 155 Å². The molecule has 0 aliphatic heterocycles. The summed E-state index contributed by atoms with van der Waals surface area (Å²) in [5.41, 5.74) is -7.16. The Hall–Kier alpha value is -6.15. The maximum absolute atomic E-state index is 13.6. The lowest BCUT2D eigenvalue weighted by atomic mass is 10.0. The summed E-state index contributed by atoms with van der Waals surface area (Å²) in [6, 6.07) is 13.4. The summed E-state index contributed by atoms with van der Waals surface area (Å²) < 4.78 is 163. The third-order valence-corrected chi connectivity index (χ3v) is 11.9. The van der Waals surface area contributed by atoms with Crippen molar-refractivity contribution in [2.45, 2.75) is 146 Å². The molecule has 4 aromatic carbocycles. The fraction of sp³-hybridized carbons (Fsp3) is 0.491. The Balaban J connectivity index is 1.49. The number of guanidine groups is 1. The molecule has 0 fully saturated rings. The van der Waals surface area contributed by atoms with Crippen LogP contribution in [0.25, 0.3) is 0 Å². The van der Waals surface area contributed by atoms with Gasteiger partial charge < -0.3 is 31.9 Å². The van der Waals surface area contributed by atoms with Gasteiger partial charge in [-0.1, -0.05) is 164 Å². The molecule has 0 aliphatic carbocycles. The van der Waals surface area contributed by atoms with Crippen LogP contribution in [0.2, 0.25) is 0 Å². The highest BCUT2D eigenvalue weighted by molar-refractivity contribution is 5.90. The predicted molar refractivity (Wildman–Crippen MR) is 263 cm³/mol. The molecular formula is C53H65F12N7O2. The number of nitrogens with one attached hydrogen (secondary N) is 6. The molecule has 21 heteroatoms. The molecule has 6 N–H and O–H groups in total. The second-order valence-corrected chi connectivity index (χ2v) is 18.0. The van der Waals surface area contributed by atoms with Gasteiger partial charge >= 0.3 is 36.8 Å². The van der Waals surface area contributed by atoms with Crippen LogP contribution in [0.4, 0.5) is 73.6 Å². The van der Waals surface area contributed by atoms with Gasteiger partial charge in [0.15, 0.2) is 5.96 Å². The van der Waals surface area contributed by atoms with Crippen LogP contribution in [0.3, 0.4) is 0 Å². The van der Waals surface area contributed by atoms with Crippen molar-refractivity contribution in [3.05, 3.63) is 130 Å². The first-order chi connectivity index (χ1) is 35.0. The first kappa shape index (κ1) is 60.4. The molecule has 0 unspecified atom stereocenters. The van der Waals surface area contributed by atoms with Crippen LogP contribution in [0.5, 0.6) is 0 Å². The maximum Gasteiger partial charge on any atom is 0.416 e. The van der Waals surface area contributed by atoms with Crippen molar-refractivity contribution in [1.29, 1.82) is 0 Å². The number of unbranched alkanes of at least 4 members (excludes halogenated alkanes) is 15. The monoisotopic (exact) mass is 1060 g/mol. The van der Waals surface area contributed by atoms with Gasteiger partial charge in [0.2, 0.25) is 0 Å². The molecule has 0 aliphatic rings. The molecule has 74 heavy (non-hydrogen) atoms. The van der Waals surface area contributed by atoms with Crippen molar-refractivity contribution < 1.29 is 62.3 Å². The van der Waals surface area contributed by atoms with Gasteiger partial charge in [0.05, 0.1) is 40.9 Å². The highest BCUT2D eigenvalue weighted by Crippen LogP contribution is 2.39. The molecule has 0 radical (unpaired) electrons. The number of hydrogen-bond donors (Lipinski definition) is 6. The quantitative estimate of drug-likeness (QED) is 0.0154. The number of benzene rings is 4. The largest absolute Gasteiger partial charge is 0.416 e. The van der Waals surface area contributed by atoms with E-state index in [-0.39, 0.29) is 31.2 Å². The summed E-state index contributed by atoms with van der Waals surface area (Å²) in [6.07, 6.45) is -2.14. The lowest BCUT2D eigenvalue weighted by Crippen LogP contribution is -2.44. The third kappa shape index (κ3) is 22.5. The number of anilines is 2. The zero-order valence-electron chi connectivity index (χ0n) is 41.1. The molecule has 0 spiro atoms. The molecular weight excluding hydrogens is 995 g/mol. The molecule has 0 heterocycles. The van der Waals surface area contributed by atoms with Crippen LogP contribution in [-0.4, -0.2) is 37.7 Å². The molecule has 4 rings (SSSR count). The summed E-state index contributed by atoms with van der Waals surface area (Å²) in [7, 11) is 0. The minimum Gasteiger partial charge on any atom is -0.356 e. The van der Waals surface area contributed by atoms with E-state index in [4.69, 9.17) is 0 Å². The topological polar surface area (TPSA) is 119 Å². The molecule has 4 aromatic rings. The fourth-order valence-corrected chi connectivity index (χ4v) is 8.00. The molecule has 9 nitrogen and oxygen atoms in total. The van der Waals surface area contributed by atoms with E-state index < -0.39 is 82.5 Å². The molecule has 2 atom stereocenters. The first-order valence-electron chi connectivity index (χ1n) is 24.9. The highest BCUT2D eigenvalue weighted by atomic mass is 19.4. The van der Waals surface area contributed by atoms with Crippen molar-refractivity contribution in [2.75, 3.05) is 30.3 Å². The number of alkyl halides is 12. The Labute approximate surface area is 424 Å². The summed E-state index contributed by atoms with van der Waals surface area (Å²) in [6.45, 7) is 2.16. The summed E-state index contributed by atoms with van der Waals surface area (Å²) >= 11 is 0. The summed E-state index contributed by atoms with van der Waals surface area (Å²) in [4.78, 5) is 31.3. The molecule has 4 amide bonds. The summed E-state index contributed by atoms with van der Waals surface area (Å²) in [5, 5.41) is 15.6. The van der Waals surface area contributed by atoms with Gasteiger partial charge in [-0.05, 0) is 53.9 Å². The number of hydrogen-bond acceptors (Lipinski definition) is 3. The number of carbonyl (C=O) groups excluding carboxylic acids is 2. The van der Waals surface area contributed by atoms with Crippen LogP contribution >= 0.6 is 0 Å². The van der Waals surface area contributed by atoms with Crippen molar-refractivity contribution in [1.82, 2.24) is 21.3 Å². The number of carbonyl (C=O) groups is 2. The molecule has 0 saturated carbocycles. The van der Waals surface area contributed by atoms with Crippen molar-refractivity contribution in [3.8, 4) is 0 Å². The number of halogens is 12. The zero-order chi connectivity index (χ0) is 54.2. The lowest BCUT2D eigenvalue weighted by molar-refractivity contribution is -0.144. The second-order valence-electron chi connectivity index (χ2n) is 18.0. The summed E-state index contributed by atoms with van der Waals surface area (Å²) in [5.74, 6) is 0.123. The van der Waals surface area contributed by atoms with E-state index in [1.165, 1.54) is 64.2 Å². The zero-order valence-corrected chi connectivity index (χ0v) is 41.1. The van der Waals surface area contributed by atoms with Gasteiger partial charge in [-0.25, -0.2) is 9.59 Å². The van der Waals surface area contributed by atoms with E-state index in [2.05, 4.69) is 43.8 Å². The number of aliphatic imine (C=N–C) groups is 1. The van der Waals surface area contributed by atoms with Gasteiger partial charge in [0.25, 0.3) is 0 Å². The number of amides is 4. The molecule has 408 valence electrons. The van der Waals surface area contributed by atoms with Crippen molar-refractivity contribution >= 4 is 29.4 Å². The average Bonchev–Trinajstić information content (AvgIpc) is 3.33. The van der Waals surface area contributed by atoms with E-state index in [1.54, 1.807) is 60.7 Å². The van der Waals surface area contributed by atoms with Crippen LogP contribution in [0, 0.1) is 0 Å². The standard InChI is InChI=1S/C53H65F12N7O2/c1-2-3-4-5-6-7-8-9-10-11-12-13-14-15-16-23-28-66-47(67-35-45(37-24-19-17-20-25-37)71-48(73)69-43-31-39(50(54,55)56)29-40(32-43)51(57,58)59)68-36-46(38-26-21-18-22-27-38)72-49(74)70-44-33-41(52(60,61)62)30-42(34-44)53(63,64)65/h17-22,24-27,29-34,45-46H,2-16,23,28,35-36H2,1H3,(H2,66,67,68)(H2,69,71,73)(H2,70,72,74)/t45-,46-/m1/s1. The lowest BCUT2D eigenvalue weighted by Gasteiger charge is -2.23. The Kier molecular flexibility index (Phi) is 24.2. The van der Waals surface area contributed by atoms with E-state index in [0.717, 1.165) is 32.1 Å². The highest BCUT2D eigenvalue weighted by Gasteiger charge is 2.38. The second kappa shape index (κ2) is 29.7. The molecule has 0 saturated heterocycles. The van der Waals surface area contributed by atoms with E-state index in [1.807, 2.05) is 0 Å². The first-order valence-corrected chi connectivity index (χ1v) is 24.9. The Bertz CT molecular complexity index is 2260. The van der Waals surface area contributed by atoms with Gasteiger partial charge in [0.1, 0.15) is 0 Å². The van der Waals surface area contributed by atoms with Gasteiger partial charge in [0, 0.05) is 24.5 Å². The van der Waals surface area contributed by atoms with Crippen molar-refractivity contribution in [2.24, 2.45) is 4.99 Å². The maximum atomic E-state index is 13.6. The fourth-order valence-electron chi connectivity index (χ4n) is 8.00. The average molecular weight is 1060 g/mol. The van der Waals surface area contributed by atoms with Crippen LogP contribution in [-0.2, 0) is 24.7 Å². The normalized spacial score (nSPS) is 13.2. The SMILES string of the molecule is CCCCCCCCCCCCCCCCCCNC(=NC[C@@H](NC(=O)Nc1cc(C(F)(F)F)cc(C(F)(F)F)c1)c1ccccc1)NC[C@@H](NC(=O)Nc1cc(C(F)(F)F)cc(C(F)(F)F)c1)c1ccccc1. The van der Waals surface area contributed by atoms with Gasteiger partial charge in [-0.2, -0.15) is 52.7 Å². The Morgan fingerprint density at radius 2 is 0.784 bits per heavy atom. The Morgan fingerprint density at radius 1 is 0.446 bits per heavy atom. The smallest absolute Gasteiger partial charge is 0.356 e. The minimum atomic E-state index is -5.17. The molecule has 0 bridgehead atoms. The third-order valence-electron chi connectivity index (χ3n) is 11.9. The molecule has 0 aromatic heterocycles. The Morgan fingerprint density at radius 3 is 1.15 bits per heavy atom. The number of rotatable bonds is 27. The van der Waals surface area contributed by atoms with E-state index in [9.17, 15) is 62.3 Å². The van der Waals surface area contributed by atoms with Gasteiger partial charge in [-0.15, -0.1) is 0 Å². The number of nitrogens with zero attached hydrogens (tertiary/aromatic N) is 1.